The molecule has 0 bridgehead atoms. The summed E-state index contributed by atoms with van der Waals surface area (Å²) in [5.74, 6) is 6.57. The Morgan fingerprint density at radius 1 is 1.28 bits per heavy atom. The Bertz CT molecular complexity index is 589. The quantitative estimate of drug-likeness (QED) is 0.540. The van der Waals surface area contributed by atoms with E-state index in [9.17, 15) is 15.0 Å². The van der Waals surface area contributed by atoms with E-state index in [1.807, 2.05) is 6.92 Å². The lowest BCUT2D eigenvalue weighted by molar-refractivity contribution is -0.136. The average molecular weight is 346 g/mol. The first-order chi connectivity index (χ1) is 11.9. The zero-order chi connectivity index (χ0) is 18.0. The lowest BCUT2D eigenvalue weighted by atomic mass is 9.57. The molecule has 0 heterocycles. The van der Waals surface area contributed by atoms with Gasteiger partial charge in [-0.3, -0.25) is 4.79 Å². The fourth-order valence-electron chi connectivity index (χ4n) is 4.91. The van der Waals surface area contributed by atoms with E-state index in [-0.39, 0.29) is 18.3 Å². The maximum atomic E-state index is 10.7. The van der Waals surface area contributed by atoms with Crippen LogP contribution in [0.15, 0.2) is 11.6 Å². The van der Waals surface area contributed by atoms with Gasteiger partial charge >= 0.3 is 5.97 Å². The molecule has 3 aliphatic rings. The van der Waals surface area contributed by atoms with Gasteiger partial charge in [-0.25, -0.2) is 0 Å². The van der Waals surface area contributed by atoms with E-state index >= 15 is 0 Å². The second-order valence-electron chi connectivity index (χ2n) is 8.25. The molecule has 5 atom stereocenters. The molecule has 3 aliphatic carbocycles. The second-order valence-corrected chi connectivity index (χ2v) is 8.25. The van der Waals surface area contributed by atoms with Crippen LogP contribution < -0.4 is 0 Å². The van der Waals surface area contributed by atoms with Crippen molar-refractivity contribution in [1.82, 2.24) is 0 Å². The molecule has 0 aromatic rings. The molecule has 4 nitrogen and oxygen atoms in total. The van der Waals surface area contributed by atoms with E-state index in [2.05, 4.69) is 17.9 Å². The molecule has 0 aliphatic heterocycles. The first kappa shape index (κ1) is 18.5. The van der Waals surface area contributed by atoms with Gasteiger partial charge in [0, 0.05) is 6.42 Å². The van der Waals surface area contributed by atoms with Crippen molar-refractivity contribution in [2.45, 2.75) is 76.4 Å². The molecule has 3 rings (SSSR count). The lowest BCUT2D eigenvalue weighted by Crippen LogP contribution is -2.44. The summed E-state index contributed by atoms with van der Waals surface area (Å²) in [4.78, 5) is 10.6. The summed E-state index contributed by atoms with van der Waals surface area (Å²) in [5, 5.41) is 29.9. The summed E-state index contributed by atoms with van der Waals surface area (Å²) in [6, 6.07) is 0. The highest BCUT2D eigenvalue weighted by atomic mass is 16.4. The third-order valence-corrected chi connectivity index (χ3v) is 6.52. The van der Waals surface area contributed by atoms with Crippen LogP contribution in [0.1, 0.15) is 64.7 Å². The first-order valence-corrected chi connectivity index (χ1v) is 9.72. The molecule has 0 radical (unpaired) electrons. The Morgan fingerprint density at radius 2 is 2.00 bits per heavy atom. The van der Waals surface area contributed by atoms with E-state index in [1.54, 1.807) is 0 Å². The maximum absolute atomic E-state index is 10.7. The molecule has 4 heteroatoms. The van der Waals surface area contributed by atoms with Crippen molar-refractivity contribution >= 4 is 5.97 Å². The summed E-state index contributed by atoms with van der Waals surface area (Å²) in [6.45, 7) is 1.82. The van der Waals surface area contributed by atoms with Gasteiger partial charge in [-0.1, -0.05) is 36.3 Å². The van der Waals surface area contributed by atoms with Gasteiger partial charge in [0.2, 0.25) is 0 Å². The molecule has 1 unspecified atom stereocenters. The van der Waals surface area contributed by atoms with Gasteiger partial charge in [-0.05, 0) is 63.2 Å². The van der Waals surface area contributed by atoms with Crippen LogP contribution in [0.3, 0.4) is 0 Å². The highest BCUT2D eigenvalue weighted by molar-refractivity contribution is 5.66. The average Bonchev–Trinajstić information content (AvgIpc) is 3.06. The smallest absolute Gasteiger partial charge is 0.303 e. The van der Waals surface area contributed by atoms with Crippen LogP contribution in [0.4, 0.5) is 0 Å². The van der Waals surface area contributed by atoms with E-state index in [4.69, 9.17) is 5.11 Å². The van der Waals surface area contributed by atoms with Gasteiger partial charge in [0.05, 0.1) is 12.0 Å². The Hall–Kier alpha value is -1.31. The van der Waals surface area contributed by atoms with Crippen LogP contribution >= 0.6 is 0 Å². The Labute approximate surface area is 150 Å². The van der Waals surface area contributed by atoms with Crippen LogP contribution in [0, 0.1) is 35.5 Å². The number of aliphatic hydroxyl groups is 2. The van der Waals surface area contributed by atoms with Gasteiger partial charge in [0.1, 0.15) is 5.60 Å². The topological polar surface area (TPSA) is 77.8 Å². The molecule has 0 aromatic heterocycles. The Balaban J connectivity index is 1.64. The molecule has 3 N–H and O–H groups in total. The number of allylic oxidation sites excluding steroid dienone is 2. The number of carbonyl (C=O) groups is 1. The second kappa shape index (κ2) is 7.51. The van der Waals surface area contributed by atoms with Crippen molar-refractivity contribution in [3.63, 3.8) is 0 Å². The van der Waals surface area contributed by atoms with Gasteiger partial charge in [0.15, 0.2) is 0 Å². The molecular formula is C21H30O4. The van der Waals surface area contributed by atoms with E-state index in [1.165, 1.54) is 18.4 Å². The summed E-state index contributed by atoms with van der Waals surface area (Å²) in [6.07, 6.45) is 9.46. The number of aliphatic carboxylic acids is 1. The van der Waals surface area contributed by atoms with E-state index < -0.39 is 17.7 Å². The van der Waals surface area contributed by atoms with Crippen molar-refractivity contribution in [3.05, 3.63) is 11.6 Å². The standard InChI is InChI=1S/C21H30O4/c1-21(25,15-6-2-3-7-15)12-11-17-18-13-14(5-4-8-20(23)24)16(18)9-10-19(17)22/h5,15-19,22,25H,2-4,6-10,13H2,1H3,(H,23,24)/b14-5-/t16-,17-,18+,19-,21?/m1/s1. The third-order valence-electron chi connectivity index (χ3n) is 6.52. The first-order valence-electron chi connectivity index (χ1n) is 9.72. The van der Waals surface area contributed by atoms with Gasteiger partial charge in [-0.2, -0.15) is 0 Å². The fraction of sp³-hybridized carbons (Fsp3) is 0.762. The van der Waals surface area contributed by atoms with Crippen molar-refractivity contribution in [3.8, 4) is 11.8 Å². The number of rotatable bonds is 4. The highest BCUT2D eigenvalue weighted by Gasteiger charge is 2.46. The number of fused-ring (bicyclic) bond motifs is 1. The Kier molecular flexibility index (Phi) is 5.55. The van der Waals surface area contributed by atoms with Crippen LogP contribution in [-0.2, 0) is 4.79 Å². The molecule has 138 valence electrons. The van der Waals surface area contributed by atoms with Crippen molar-refractivity contribution in [2.75, 3.05) is 0 Å². The fourth-order valence-corrected chi connectivity index (χ4v) is 4.91. The number of hydrogen-bond donors (Lipinski definition) is 3. The van der Waals surface area contributed by atoms with Gasteiger partial charge in [-0.15, -0.1) is 0 Å². The van der Waals surface area contributed by atoms with Crippen molar-refractivity contribution in [2.24, 2.45) is 23.7 Å². The molecule has 0 amide bonds. The number of aliphatic hydroxyl groups excluding tert-OH is 1. The number of carboxylic acid groups (broad SMARTS) is 1. The van der Waals surface area contributed by atoms with Gasteiger partial charge in [0.25, 0.3) is 0 Å². The predicted molar refractivity (Wildman–Crippen MR) is 95.6 cm³/mol. The van der Waals surface area contributed by atoms with Crippen LogP contribution in [0.2, 0.25) is 0 Å². The maximum Gasteiger partial charge on any atom is 0.303 e. The minimum Gasteiger partial charge on any atom is -0.481 e. The van der Waals surface area contributed by atoms with Crippen molar-refractivity contribution < 1.29 is 20.1 Å². The van der Waals surface area contributed by atoms with Crippen LogP contribution in [0.25, 0.3) is 0 Å². The minimum atomic E-state index is -0.951. The zero-order valence-electron chi connectivity index (χ0n) is 15.1. The van der Waals surface area contributed by atoms with Gasteiger partial charge < -0.3 is 15.3 Å². The monoisotopic (exact) mass is 346 g/mol. The zero-order valence-corrected chi connectivity index (χ0v) is 15.1. The summed E-state index contributed by atoms with van der Waals surface area (Å²) >= 11 is 0. The molecule has 25 heavy (non-hydrogen) atoms. The minimum absolute atomic E-state index is 0.0664. The molecular weight excluding hydrogens is 316 g/mol. The lowest BCUT2D eigenvalue weighted by Gasteiger charge is -2.48. The van der Waals surface area contributed by atoms with Crippen LogP contribution in [-0.4, -0.2) is 33.0 Å². The number of hydrogen-bond acceptors (Lipinski definition) is 3. The Morgan fingerprint density at radius 3 is 2.68 bits per heavy atom. The molecule has 3 fully saturated rings. The molecule has 0 aromatic carbocycles. The van der Waals surface area contributed by atoms with E-state index in [0.717, 1.165) is 32.1 Å². The van der Waals surface area contributed by atoms with E-state index in [0.29, 0.717) is 18.3 Å². The summed E-state index contributed by atoms with van der Waals surface area (Å²) < 4.78 is 0. The summed E-state index contributed by atoms with van der Waals surface area (Å²) in [7, 11) is 0. The third kappa shape index (κ3) is 4.10. The highest BCUT2D eigenvalue weighted by Crippen LogP contribution is 2.51. The number of carboxylic acids is 1. The molecule has 0 spiro atoms. The molecule has 3 saturated carbocycles. The van der Waals surface area contributed by atoms with Crippen molar-refractivity contribution in [1.29, 1.82) is 0 Å². The van der Waals surface area contributed by atoms with Crippen LogP contribution in [0.5, 0.6) is 0 Å². The largest absolute Gasteiger partial charge is 0.481 e. The predicted octanol–water partition coefficient (Wildman–Crippen LogP) is 3.13. The molecule has 0 saturated heterocycles. The summed E-state index contributed by atoms with van der Waals surface area (Å²) in [5.41, 5.74) is 0.389. The SMILES string of the molecule is CC(O)(C#C[C@@H]1[C@H]2C/C(=C/CCC(=O)O)[C@H]2CC[C@H]1O)C1CCCC1. The normalized spacial score (nSPS) is 36.0.